The van der Waals surface area contributed by atoms with Gasteiger partial charge in [-0.2, -0.15) is 5.06 Å². The van der Waals surface area contributed by atoms with E-state index in [1.54, 1.807) is 24.3 Å². The summed E-state index contributed by atoms with van der Waals surface area (Å²) in [6.07, 6.45) is -3.44. The van der Waals surface area contributed by atoms with Gasteiger partial charge in [0.05, 0.1) is 13.5 Å². The molecule has 1 N–H and O–H groups in total. The molecule has 3 amide bonds. The summed E-state index contributed by atoms with van der Waals surface area (Å²) in [5.74, 6) is -0.513. The molecule has 112 valence electrons. The first-order chi connectivity index (χ1) is 10.0. The average Bonchev–Trinajstić information content (AvgIpc) is 2.46. The fourth-order valence-corrected chi connectivity index (χ4v) is 1.90. The number of ether oxygens (including phenoxy) is 1. The molecule has 0 spiro atoms. The zero-order valence-corrected chi connectivity index (χ0v) is 11.3. The lowest BCUT2D eigenvalue weighted by Crippen LogP contribution is -2.63. The molecule has 1 aromatic rings. The van der Waals surface area contributed by atoms with Crippen LogP contribution in [0.15, 0.2) is 30.3 Å². The first-order valence-corrected chi connectivity index (χ1v) is 6.13. The zero-order chi connectivity index (χ0) is 15.4. The highest BCUT2D eigenvalue weighted by atomic mass is 16.7. The van der Waals surface area contributed by atoms with Crippen LogP contribution in [0.2, 0.25) is 0 Å². The summed E-state index contributed by atoms with van der Waals surface area (Å²) in [6.45, 7) is 0.00679. The van der Waals surface area contributed by atoms with Gasteiger partial charge in [-0.3, -0.25) is 9.63 Å². The van der Waals surface area contributed by atoms with Gasteiger partial charge in [-0.05, 0) is 5.56 Å². The van der Waals surface area contributed by atoms with Crippen molar-refractivity contribution in [2.45, 2.75) is 19.2 Å². The van der Waals surface area contributed by atoms with Gasteiger partial charge in [0.25, 0.3) is 0 Å². The average molecular weight is 294 g/mol. The number of hydrogen-bond acceptors (Lipinski definition) is 5. The Hall–Kier alpha value is -2.61. The lowest BCUT2D eigenvalue weighted by Gasteiger charge is -2.41. The van der Waals surface area contributed by atoms with Crippen LogP contribution in [0.1, 0.15) is 12.0 Å². The third-order valence-electron chi connectivity index (χ3n) is 2.97. The minimum atomic E-state index is -1.39. The molecule has 8 heteroatoms. The number of carboxylic acid groups (broad SMARTS) is 1. The number of hydrogen-bond donors (Lipinski definition) is 1. The van der Waals surface area contributed by atoms with Crippen LogP contribution >= 0.6 is 0 Å². The number of rotatable bonds is 4. The van der Waals surface area contributed by atoms with Gasteiger partial charge in [0, 0.05) is 0 Å². The van der Waals surface area contributed by atoms with E-state index >= 15 is 0 Å². The van der Waals surface area contributed by atoms with E-state index in [2.05, 4.69) is 4.74 Å². The number of carbonyl (C=O) groups is 3. The summed E-state index contributed by atoms with van der Waals surface area (Å²) in [5, 5.41) is 9.74. The molecule has 1 aliphatic heterocycles. The van der Waals surface area contributed by atoms with Crippen molar-refractivity contribution in [1.29, 1.82) is 0 Å². The number of benzene rings is 1. The number of amides is 3. The molecule has 8 nitrogen and oxygen atoms in total. The predicted octanol–water partition coefficient (Wildman–Crippen LogP) is 1.42. The molecule has 0 saturated carbocycles. The third-order valence-corrected chi connectivity index (χ3v) is 2.97. The van der Waals surface area contributed by atoms with Crippen molar-refractivity contribution in [2.75, 3.05) is 7.11 Å². The topological polar surface area (TPSA) is 96.4 Å². The zero-order valence-electron chi connectivity index (χ0n) is 11.3. The number of imide groups is 1. The molecule has 0 radical (unpaired) electrons. The standard InChI is InChI=1S/C13H14N2O6/c1-20-13(19)14-10(7-11(14)16)15(12(17)18)21-8-9-5-3-2-4-6-9/h2-6,10H,7-8H2,1H3,(H,17,18). The first-order valence-electron chi connectivity index (χ1n) is 6.13. The molecule has 1 fully saturated rings. The molecule has 1 unspecified atom stereocenters. The van der Waals surface area contributed by atoms with Gasteiger partial charge in [0.1, 0.15) is 6.61 Å². The summed E-state index contributed by atoms with van der Waals surface area (Å²) in [7, 11) is 1.11. The van der Waals surface area contributed by atoms with Crippen molar-refractivity contribution < 1.29 is 29.1 Å². The second kappa shape index (κ2) is 6.23. The van der Waals surface area contributed by atoms with E-state index in [1.807, 2.05) is 6.07 Å². The smallest absolute Gasteiger partial charge is 0.433 e. The second-order valence-electron chi connectivity index (χ2n) is 4.29. The maximum atomic E-state index is 11.4. The highest BCUT2D eigenvalue weighted by Gasteiger charge is 2.48. The quantitative estimate of drug-likeness (QED) is 0.666. The highest BCUT2D eigenvalue weighted by molar-refractivity contribution is 5.98. The number of nitrogens with zero attached hydrogens (tertiary/aromatic N) is 2. The summed E-state index contributed by atoms with van der Waals surface area (Å²) in [5.41, 5.74) is 0.763. The Labute approximate surface area is 120 Å². The molecular formula is C13H14N2O6. The van der Waals surface area contributed by atoms with Gasteiger partial charge in [0.15, 0.2) is 6.17 Å². The van der Waals surface area contributed by atoms with Crippen molar-refractivity contribution in [3.8, 4) is 0 Å². The monoisotopic (exact) mass is 294 g/mol. The number of likely N-dealkylation sites (tertiary alicyclic amines) is 1. The van der Waals surface area contributed by atoms with Crippen molar-refractivity contribution in [3.63, 3.8) is 0 Å². The van der Waals surface area contributed by atoms with Gasteiger partial charge in [0.2, 0.25) is 5.91 Å². The van der Waals surface area contributed by atoms with E-state index < -0.39 is 24.3 Å². The highest BCUT2D eigenvalue weighted by Crippen LogP contribution is 2.24. The summed E-state index contributed by atoms with van der Waals surface area (Å²) in [4.78, 5) is 40.0. The normalized spacial score (nSPS) is 17.1. The Kier molecular flexibility index (Phi) is 4.39. The van der Waals surface area contributed by atoms with Gasteiger partial charge in [-0.15, -0.1) is 0 Å². The Morgan fingerprint density at radius 2 is 2.05 bits per heavy atom. The van der Waals surface area contributed by atoms with Gasteiger partial charge < -0.3 is 9.84 Å². The van der Waals surface area contributed by atoms with E-state index in [0.29, 0.717) is 9.96 Å². The molecule has 21 heavy (non-hydrogen) atoms. The minimum Gasteiger partial charge on any atom is -0.463 e. The fourth-order valence-electron chi connectivity index (χ4n) is 1.90. The Morgan fingerprint density at radius 1 is 1.38 bits per heavy atom. The summed E-state index contributed by atoms with van der Waals surface area (Å²) < 4.78 is 4.44. The van der Waals surface area contributed by atoms with Crippen LogP contribution in [0, 0.1) is 0 Å². The van der Waals surface area contributed by atoms with E-state index in [-0.39, 0.29) is 13.0 Å². The number of β-lactam (4-membered cyclic amide) rings is 1. The lowest BCUT2D eigenvalue weighted by molar-refractivity contribution is -0.216. The van der Waals surface area contributed by atoms with Crippen molar-refractivity contribution in [1.82, 2.24) is 9.96 Å². The molecule has 1 heterocycles. The van der Waals surface area contributed by atoms with Gasteiger partial charge >= 0.3 is 12.2 Å². The van der Waals surface area contributed by atoms with Crippen LogP contribution < -0.4 is 0 Å². The molecule has 0 aromatic heterocycles. The Balaban J connectivity index is 2.04. The Bertz CT molecular complexity index is 547. The molecule has 1 aromatic carbocycles. The molecule has 1 atom stereocenters. The van der Waals surface area contributed by atoms with Gasteiger partial charge in [-0.25, -0.2) is 14.5 Å². The third kappa shape index (κ3) is 3.11. The first kappa shape index (κ1) is 14.8. The van der Waals surface area contributed by atoms with E-state index in [1.165, 1.54) is 0 Å². The Morgan fingerprint density at radius 3 is 2.57 bits per heavy atom. The van der Waals surface area contributed by atoms with E-state index in [9.17, 15) is 14.4 Å². The minimum absolute atomic E-state index is 0.00679. The number of carbonyl (C=O) groups excluding carboxylic acids is 2. The van der Waals surface area contributed by atoms with Crippen molar-refractivity contribution >= 4 is 18.1 Å². The largest absolute Gasteiger partial charge is 0.463 e. The van der Waals surface area contributed by atoms with E-state index in [0.717, 1.165) is 12.7 Å². The SMILES string of the molecule is COC(=O)N1C(=O)CC1N(OCc1ccccc1)C(=O)O. The van der Waals surface area contributed by atoms with Crippen LogP contribution in [0.4, 0.5) is 9.59 Å². The summed E-state index contributed by atoms with van der Waals surface area (Å²) >= 11 is 0. The maximum Gasteiger partial charge on any atom is 0.433 e. The van der Waals surface area contributed by atoms with Crippen molar-refractivity contribution in [2.24, 2.45) is 0 Å². The lowest BCUT2D eigenvalue weighted by atomic mass is 10.1. The molecule has 1 saturated heterocycles. The molecular weight excluding hydrogens is 280 g/mol. The number of hydroxylamine groups is 2. The van der Waals surface area contributed by atoms with Crippen LogP contribution in [0.3, 0.4) is 0 Å². The molecule has 2 rings (SSSR count). The van der Waals surface area contributed by atoms with Crippen LogP contribution in [-0.2, 0) is 21.0 Å². The molecule has 0 aliphatic carbocycles. The van der Waals surface area contributed by atoms with Crippen LogP contribution in [0.25, 0.3) is 0 Å². The summed E-state index contributed by atoms with van der Waals surface area (Å²) in [6, 6.07) is 8.94. The molecule has 0 bridgehead atoms. The van der Waals surface area contributed by atoms with Crippen molar-refractivity contribution in [3.05, 3.63) is 35.9 Å². The predicted molar refractivity (Wildman–Crippen MR) is 68.8 cm³/mol. The van der Waals surface area contributed by atoms with Crippen LogP contribution in [0.5, 0.6) is 0 Å². The second-order valence-corrected chi connectivity index (χ2v) is 4.29. The van der Waals surface area contributed by atoms with Gasteiger partial charge in [-0.1, -0.05) is 30.3 Å². The molecule has 1 aliphatic rings. The fraction of sp³-hybridized carbons (Fsp3) is 0.308. The van der Waals surface area contributed by atoms with Crippen LogP contribution in [-0.4, -0.2) is 46.4 Å². The van der Waals surface area contributed by atoms with E-state index in [4.69, 9.17) is 9.94 Å². The number of methoxy groups -OCH3 is 1. The maximum absolute atomic E-state index is 11.4.